The number of hydrogen-bond acceptors (Lipinski definition) is 2. The van der Waals surface area contributed by atoms with Crippen LogP contribution in [0.15, 0.2) is 0 Å². The molecule has 0 aliphatic carbocycles. The summed E-state index contributed by atoms with van der Waals surface area (Å²) in [5.41, 5.74) is 5.11. The second-order valence-corrected chi connectivity index (χ2v) is 8.88. The first-order valence-electron chi connectivity index (χ1n) is 12.6. The van der Waals surface area contributed by atoms with Crippen molar-refractivity contribution in [2.75, 3.05) is 27.2 Å². The molecule has 0 saturated carbocycles. The third-order valence-corrected chi connectivity index (χ3v) is 5.27. The Morgan fingerprint density at radius 1 is 0.655 bits per heavy atom. The van der Waals surface area contributed by atoms with E-state index in [0.717, 1.165) is 19.6 Å². The summed E-state index contributed by atoms with van der Waals surface area (Å²) in [5, 5.41) is 0. The molecule has 0 heterocycles. The van der Waals surface area contributed by atoms with Crippen molar-refractivity contribution in [3.8, 4) is 0 Å². The van der Waals surface area contributed by atoms with Gasteiger partial charge in [0.25, 0.3) is 0 Å². The molecule has 0 aromatic carbocycles. The van der Waals surface area contributed by atoms with Crippen molar-refractivity contribution >= 4 is 5.91 Å². The normalized spacial score (nSPS) is 11.2. The van der Waals surface area contributed by atoms with Gasteiger partial charge in [-0.2, -0.15) is 4.65 Å². The number of quaternary nitrogens is 1. The van der Waals surface area contributed by atoms with Crippen LogP contribution < -0.4 is 5.73 Å². The molecular weight excluding hydrogens is 360 g/mol. The van der Waals surface area contributed by atoms with E-state index in [-0.39, 0.29) is 5.91 Å². The fraction of sp³-hybridized carbons (Fsp3) is 0.960. The number of rotatable bonds is 20. The number of hydroxylamine groups is 3. The first-order chi connectivity index (χ1) is 13.9. The molecule has 0 saturated heterocycles. The minimum atomic E-state index is -0.153. The average Bonchev–Trinajstić information content (AvgIpc) is 2.65. The molecule has 176 valence electrons. The molecule has 0 radical (unpaired) electrons. The first kappa shape index (κ1) is 30.6. The summed E-state index contributed by atoms with van der Waals surface area (Å²) in [4.78, 5) is 16.0. The number of nitrogens with zero attached hydrogens (tertiary/aromatic N) is 1. The second kappa shape index (κ2) is 23.7. The summed E-state index contributed by atoms with van der Waals surface area (Å²) in [6, 6.07) is 0. The summed E-state index contributed by atoms with van der Waals surface area (Å²) >= 11 is 0. The summed E-state index contributed by atoms with van der Waals surface area (Å²) in [6.45, 7) is 8.35. The zero-order valence-electron chi connectivity index (χ0n) is 20.8. The van der Waals surface area contributed by atoms with Crippen LogP contribution in [0.1, 0.15) is 130 Å². The molecule has 4 heteroatoms. The van der Waals surface area contributed by atoms with Crippen LogP contribution in [-0.4, -0.2) is 37.8 Å². The van der Waals surface area contributed by atoms with Crippen LogP contribution in [0.2, 0.25) is 0 Å². The molecular formula is C25H55N2O2+. The minimum Gasteiger partial charge on any atom is -0.370 e. The number of amides is 1. The van der Waals surface area contributed by atoms with Crippen molar-refractivity contribution in [1.82, 2.24) is 0 Å². The van der Waals surface area contributed by atoms with Gasteiger partial charge in [0.15, 0.2) is 0 Å². The van der Waals surface area contributed by atoms with Gasteiger partial charge in [0.2, 0.25) is 5.91 Å². The highest BCUT2D eigenvalue weighted by molar-refractivity contribution is 5.73. The van der Waals surface area contributed by atoms with Crippen LogP contribution in [0, 0.1) is 0 Å². The fourth-order valence-corrected chi connectivity index (χ4v) is 3.62. The van der Waals surface area contributed by atoms with Gasteiger partial charge in [-0.3, -0.25) is 4.79 Å². The Bertz CT molecular complexity index is 325. The van der Waals surface area contributed by atoms with E-state index < -0.39 is 0 Å². The highest BCUT2D eigenvalue weighted by Gasteiger charge is 2.12. The van der Waals surface area contributed by atoms with Gasteiger partial charge in [0, 0.05) is 6.42 Å². The number of hydrogen-bond donors (Lipinski definition) is 1. The summed E-state index contributed by atoms with van der Waals surface area (Å²) in [6.07, 6.45) is 22.1. The van der Waals surface area contributed by atoms with E-state index in [9.17, 15) is 4.79 Å². The van der Waals surface area contributed by atoms with E-state index in [1.165, 1.54) is 96.3 Å². The van der Waals surface area contributed by atoms with Crippen LogP contribution in [-0.2, 0) is 9.63 Å². The molecule has 0 aliphatic heterocycles. The maximum absolute atomic E-state index is 10.6. The third kappa shape index (κ3) is 29.7. The van der Waals surface area contributed by atoms with Crippen LogP contribution >= 0.6 is 0 Å². The van der Waals surface area contributed by atoms with E-state index in [0.29, 0.717) is 11.1 Å². The molecule has 0 aromatic rings. The average molecular weight is 416 g/mol. The molecule has 0 atom stereocenters. The molecule has 4 nitrogen and oxygen atoms in total. The van der Waals surface area contributed by atoms with Crippen molar-refractivity contribution < 1.29 is 14.3 Å². The minimum absolute atomic E-state index is 0.153. The Hall–Kier alpha value is -0.610. The van der Waals surface area contributed by atoms with E-state index in [2.05, 4.69) is 27.9 Å². The molecule has 0 rings (SSSR count). The third-order valence-electron chi connectivity index (χ3n) is 5.27. The van der Waals surface area contributed by atoms with Crippen LogP contribution in [0.25, 0.3) is 0 Å². The fourth-order valence-electron chi connectivity index (χ4n) is 3.62. The maximum Gasteiger partial charge on any atom is 0.217 e. The molecule has 0 bridgehead atoms. The van der Waals surface area contributed by atoms with E-state index in [1.54, 1.807) is 0 Å². The van der Waals surface area contributed by atoms with E-state index in [1.807, 2.05) is 6.92 Å². The van der Waals surface area contributed by atoms with Crippen molar-refractivity contribution in [2.45, 2.75) is 130 Å². The van der Waals surface area contributed by atoms with Gasteiger partial charge in [-0.15, -0.1) is 0 Å². The smallest absolute Gasteiger partial charge is 0.217 e. The highest BCUT2D eigenvalue weighted by Crippen LogP contribution is 2.13. The maximum atomic E-state index is 10.6. The number of unbranched alkanes of at least 4 members (excludes halogenated alkanes) is 14. The molecule has 29 heavy (non-hydrogen) atoms. The first-order valence-corrected chi connectivity index (χ1v) is 12.6. The monoisotopic (exact) mass is 415 g/mol. The lowest BCUT2D eigenvalue weighted by Crippen LogP contribution is -2.39. The quantitative estimate of drug-likeness (QED) is 0.130. The lowest BCUT2D eigenvalue weighted by Gasteiger charge is -2.25. The predicted octanol–water partition coefficient (Wildman–Crippen LogP) is 7.16. The van der Waals surface area contributed by atoms with Gasteiger partial charge in [-0.25, -0.2) is 4.84 Å². The molecule has 0 aliphatic rings. The predicted molar refractivity (Wildman–Crippen MR) is 128 cm³/mol. The van der Waals surface area contributed by atoms with Crippen molar-refractivity contribution in [2.24, 2.45) is 5.73 Å². The second-order valence-electron chi connectivity index (χ2n) is 8.88. The van der Waals surface area contributed by atoms with Crippen LogP contribution in [0.5, 0.6) is 0 Å². The lowest BCUT2D eigenvalue weighted by molar-refractivity contribution is -1.08. The summed E-state index contributed by atoms with van der Waals surface area (Å²) < 4.78 is 0.688. The molecule has 0 spiro atoms. The highest BCUT2D eigenvalue weighted by atomic mass is 16.7. The van der Waals surface area contributed by atoms with Crippen molar-refractivity contribution in [3.05, 3.63) is 0 Å². The van der Waals surface area contributed by atoms with Gasteiger partial charge in [-0.05, 0) is 19.8 Å². The van der Waals surface area contributed by atoms with E-state index in [4.69, 9.17) is 10.6 Å². The van der Waals surface area contributed by atoms with Crippen LogP contribution in [0.4, 0.5) is 0 Å². The van der Waals surface area contributed by atoms with E-state index >= 15 is 0 Å². The molecule has 0 unspecified atom stereocenters. The number of primary amides is 1. The Morgan fingerprint density at radius 2 is 1.03 bits per heavy atom. The van der Waals surface area contributed by atoms with Gasteiger partial charge in [-0.1, -0.05) is 104 Å². The summed E-state index contributed by atoms with van der Waals surface area (Å²) in [7, 11) is 4.15. The van der Waals surface area contributed by atoms with Gasteiger partial charge < -0.3 is 5.73 Å². The Balaban J connectivity index is 0. The number of carbonyl (C=O) groups excluding carboxylic acids is 1. The van der Waals surface area contributed by atoms with Crippen LogP contribution in [0.3, 0.4) is 0 Å². The van der Waals surface area contributed by atoms with Gasteiger partial charge in [0.05, 0.1) is 14.1 Å². The molecule has 0 aromatic heterocycles. The zero-order valence-corrected chi connectivity index (χ0v) is 20.8. The Kier molecular flexibility index (Phi) is 25.0. The topological polar surface area (TPSA) is 52.3 Å². The van der Waals surface area contributed by atoms with Crippen molar-refractivity contribution in [1.29, 1.82) is 0 Å². The number of carbonyl (C=O) groups is 1. The standard InChI is InChI=1S/C18H37NO.C7H18NO/c1-2-3-4-5-6-7-8-9-10-11-12-13-14-15-16-17-18(19)20;1-5-7-8(3,4)9-6-2/h2-17H2,1H3,(H2,19,20);5-7H2,1-4H3/q;+1. The largest absolute Gasteiger partial charge is 0.370 e. The Morgan fingerprint density at radius 3 is 1.34 bits per heavy atom. The van der Waals surface area contributed by atoms with Crippen molar-refractivity contribution in [3.63, 3.8) is 0 Å². The SMILES string of the molecule is CCCCCCCCCCCCCCCCCC(N)=O.CCC[N+](C)(C)OCC. The zero-order chi connectivity index (χ0) is 22.2. The summed E-state index contributed by atoms with van der Waals surface area (Å²) in [5.74, 6) is -0.153. The molecule has 1 amide bonds. The number of nitrogens with two attached hydrogens (primary N) is 1. The Labute approximate surface area is 183 Å². The van der Waals surface area contributed by atoms with Gasteiger partial charge in [0.1, 0.15) is 13.2 Å². The molecule has 2 N–H and O–H groups in total. The molecule has 0 fully saturated rings. The lowest BCUT2D eigenvalue weighted by atomic mass is 10.0. The van der Waals surface area contributed by atoms with Gasteiger partial charge >= 0.3 is 0 Å².